The topological polar surface area (TPSA) is 98.2 Å². The van der Waals surface area contributed by atoms with Gasteiger partial charge in [0.15, 0.2) is 5.16 Å². The molecule has 0 bridgehead atoms. The summed E-state index contributed by atoms with van der Waals surface area (Å²) in [7, 11) is 3.05. The number of nitrogens with one attached hydrogen (secondary N) is 1. The molecule has 1 N–H and O–H groups in total. The lowest BCUT2D eigenvalue weighted by Gasteiger charge is -2.22. The number of thioether (sulfide) groups is 1. The lowest BCUT2D eigenvalue weighted by atomic mass is 10.3. The number of hydrogen-bond donors (Lipinski definition) is 1. The number of nitrogens with zero attached hydrogens (tertiary/aromatic N) is 4. The number of alkyl halides is 3. The zero-order valence-corrected chi connectivity index (χ0v) is 18.4. The molecule has 0 saturated carbocycles. The lowest BCUT2D eigenvalue weighted by molar-refractivity contribution is -0.119. The Morgan fingerprint density at radius 1 is 1.18 bits per heavy atom. The summed E-state index contributed by atoms with van der Waals surface area (Å²) in [5.41, 5.74) is -0.952. The van der Waals surface area contributed by atoms with E-state index < -0.39 is 11.9 Å². The standard InChI is InChI=1S/C20H20F3N5O4S/c1-30-13-7-14(31-2)9-15(8-13)32-18-3-5-24-19(27-18)33-10-17(29)26-12-28-6-4-16(25-11-28)20(21,22)23/h3-9H,10-12H2,1-2H3,(H,26,29). The summed E-state index contributed by atoms with van der Waals surface area (Å²) in [4.78, 5) is 25.3. The number of methoxy groups -OCH3 is 2. The summed E-state index contributed by atoms with van der Waals surface area (Å²) in [5, 5.41) is 2.92. The highest BCUT2D eigenvalue weighted by molar-refractivity contribution is 7.99. The second-order valence-corrected chi connectivity index (χ2v) is 7.40. The maximum atomic E-state index is 12.6. The summed E-state index contributed by atoms with van der Waals surface area (Å²) >= 11 is 1.08. The number of ether oxygens (including phenoxy) is 3. The Hall–Kier alpha value is -3.48. The second-order valence-electron chi connectivity index (χ2n) is 6.46. The third-order valence-corrected chi connectivity index (χ3v) is 4.98. The van der Waals surface area contributed by atoms with Crippen LogP contribution in [0.15, 0.2) is 52.9 Å². The van der Waals surface area contributed by atoms with Gasteiger partial charge in [0.25, 0.3) is 0 Å². The van der Waals surface area contributed by atoms with Crippen molar-refractivity contribution in [1.29, 1.82) is 0 Å². The minimum Gasteiger partial charge on any atom is -0.496 e. The van der Waals surface area contributed by atoms with Crippen molar-refractivity contribution in [3.8, 4) is 23.1 Å². The molecule has 1 amide bonds. The Bertz CT molecular complexity index is 1030. The van der Waals surface area contributed by atoms with Crippen LogP contribution in [0.3, 0.4) is 0 Å². The van der Waals surface area contributed by atoms with Gasteiger partial charge in [-0.1, -0.05) is 11.8 Å². The Morgan fingerprint density at radius 2 is 1.88 bits per heavy atom. The van der Waals surface area contributed by atoms with E-state index in [4.69, 9.17) is 14.2 Å². The largest absolute Gasteiger partial charge is 0.496 e. The van der Waals surface area contributed by atoms with E-state index in [1.807, 2.05) is 0 Å². The molecular weight excluding hydrogens is 463 g/mol. The first-order valence-electron chi connectivity index (χ1n) is 9.44. The molecular formula is C20H20F3N5O4S. The van der Waals surface area contributed by atoms with E-state index in [2.05, 4.69) is 20.3 Å². The maximum Gasteiger partial charge on any atom is 0.433 e. The molecule has 3 rings (SSSR count). The molecule has 33 heavy (non-hydrogen) atoms. The number of carbonyl (C=O) groups excluding carboxylic acids is 1. The number of carbonyl (C=O) groups is 1. The Balaban J connectivity index is 1.49. The van der Waals surface area contributed by atoms with Crippen molar-refractivity contribution in [3.63, 3.8) is 0 Å². The highest BCUT2D eigenvalue weighted by Gasteiger charge is 2.34. The van der Waals surface area contributed by atoms with Gasteiger partial charge in [-0.15, -0.1) is 0 Å². The van der Waals surface area contributed by atoms with E-state index in [-0.39, 0.29) is 30.9 Å². The van der Waals surface area contributed by atoms with Gasteiger partial charge >= 0.3 is 6.18 Å². The molecule has 0 unspecified atom stereocenters. The molecule has 0 aliphatic carbocycles. The van der Waals surface area contributed by atoms with E-state index in [9.17, 15) is 18.0 Å². The van der Waals surface area contributed by atoms with Crippen LogP contribution in [0.2, 0.25) is 0 Å². The zero-order chi connectivity index (χ0) is 23.8. The van der Waals surface area contributed by atoms with Crippen molar-refractivity contribution in [2.75, 3.05) is 33.3 Å². The molecule has 176 valence electrons. The van der Waals surface area contributed by atoms with Crippen LogP contribution < -0.4 is 19.5 Å². The van der Waals surface area contributed by atoms with Gasteiger partial charge in [-0.2, -0.15) is 18.2 Å². The first-order chi connectivity index (χ1) is 15.8. The highest BCUT2D eigenvalue weighted by Crippen LogP contribution is 2.30. The average molecular weight is 483 g/mol. The Morgan fingerprint density at radius 3 is 2.48 bits per heavy atom. The van der Waals surface area contributed by atoms with Crippen molar-refractivity contribution < 1.29 is 32.2 Å². The molecule has 2 aromatic rings. The average Bonchev–Trinajstić information content (AvgIpc) is 2.81. The van der Waals surface area contributed by atoms with Crippen LogP contribution in [0, 0.1) is 0 Å². The molecule has 0 radical (unpaired) electrons. The number of allylic oxidation sites excluding steroid dienone is 1. The maximum absolute atomic E-state index is 12.6. The van der Waals surface area contributed by atoms with Crippen LogP contribution in [0.4, 0.5) is 13.2 Å². The number of benzene rings is 1. The van der Waals surface area contributed by atoms with Crippen LogP contribution in [0.25, 0.3) is 0 Å². The second kappa shape index (κ2) is 10.9. The third-order valence-electron chi connectivity index (χ3n) is 4.12. The minimum absolute atomic E-state index is 0.00502. The monoisotopic (exact) mass is 483 g/mol. The number of hydrogen-bond acceptors (Lipinski definition) is 9. The summed E-state index contributed by atoms with van der Waals surface area (Å²) in [6, 6.07) is 6.60. The molecule has 1 aliphatic heterocycles. The van der Waals surface area contributed by atoms with E-state index in [0.29, 0.717) is 22.4 Å². The van der Waals surface area contributed by atoms with Gasteiger partial charge in [0, 0.05) is 36.7 Å². The molecule has 1 aromatic heterocycles. The summed E-state index contributed by atoms with van der Waals surface area (Å²) < 4.78 is 53.8. The quantitative estimate of drug-likeness (QED) is 0.429. The van der Waals surface area contributed by atoms with Gasteiger partial charge in [-0.3, -0.25) is 9.79 Å². The molecule has 13 heteroatoms. The fraction of sp³-hybridized carbons (Fsp3) is 0.300. The number of aliphatic imine (C=N–C) groups is 1. The van der Waals surface area contributed by atoms with Gasteiger partial charge in [0.1, 0.15) is 29.6 Å². The fourth-order valence-electron chi connectivity index (χ4n) is 2.51. The fourth-order valence-corrected chi connectivity index (χ4v) is 3.17. The van der Waals surface area contributed by atoms with Gasteiger partial charge in [-0.05, 0) is 6.08 Å². The van der Waals surface area contributed by atoms with E-state index >= 15 is 0 Å². The summed E-state index contributed by atoms with van der Waals surface area (Å²) in [6.45, 7) is -0.178. The van der Waals surface area contributed by atoms with Crippen LogP contribution in [0.1, 0.15) is 0 Å². The number of halogens is 3. The van der Waals surface area contributed by atoms with Crippen LogP contribution in [-0.4, -0.2) is 66.0 Å². The molecule has 9 nitrogen and oxygen atoms in total. The minimum atomic E-state index is -4.49. The summed E-state index contributed by atoms with van der Waals surface area (Å²) in [5.74, 6) is 1.48. The molecule has 1 aliphatic rings. The first kappa shape index (κ1) is 24.2. The normalized spacial score (nSPS) is 13.4. The van der Waals surface area contributed by atoms with E-state index in [1.165, 1.54) is 31.5 Å². The van der Waals surface area contributed by atoms with Crippen molar-refractivity contribution >= 4 is 23.4 Å². The zero-order valence-electron chi connectivity index (χ0n) is 17.6. The van der Waals surface area contributed by atoms with E-state index in [0.717, 1.165) is 17.8 Å². The van der Waals surface area contributed by atoms with Gasteiger partial charge in [-0.25, -0.2) is 4.98 Å². The third kappa shape index (κ3) is 7.27. The lowest BCUT2D eigenvalue weighted by Crippen LogP contribution is -2.38. The Kier molecular flexibility index (Phi) is 7.98. The number of aromatic nitrogens is 2. The van der Waals surface area contributed by atoms with Crippen molar-refractivity contribution in [1.82, 2.24) is 20.2 Å². The van der Waals surface area contributed by atoms with Gasteiger partial charge < -0.3 is 24.4 Å². The molecule has 2 heterocycles. The first-order valence-corrected chi connectivity index (χ1v) is 10.4. The predicted octanol–water partition coefficient (Wildman–Crippen LogP) is 3.24. The van der Waals surface area contributed by atoms with Crippen LogP contribution >= 0.6 is 11.8 Å². The van der Waals surface area contributed by atoms with Gasteiger partial charge in [0.05, 0.1) is 26.6 Å². The van der Waals surface area contributed by atoms with Gasteiger partial charge in [0.2, 0.25) is 11.8 Å². The van der Waals surface area contributed by atoms with Crippen LogP contribution in [-0.2, 0) is 4.79 Å². The van der Waals surface area contributed by atoms with E-state index in [1.54, 1.807) is 24.3 Å². The SMILES string of the molecule is COc1cc(OC)cc(Oc2ccnc(SCC(=O)NCN3C=CC(C(F)(F)F)=NC3)n2)c1. The smallest absolute Gasteiger partial charge is 0.433 e. The van der Waals surface area contributed by atoms with Crippen molar-refractivity contribution in [2.45, 2.75) is 11.3 Å². The highest BCUT2D eigenvalue weighted by atomic mass is 32.2. The molecule has 0 atom stereocenters. The molecule has 0 spiro atoms. The predicted molar refractivity (Wildman–Crippen MR) is 115 cm³/mol. The summed E-state index contributed by atoms with van der Waals surface area (Å²) in [6.07, 6.45) is -0.892. The number of amides is 1. The molecule has 0 fully saturated rings. The van der Waals surface area contributed by atoms with Crippen molar-refractivity contribution in [2.24, 2.45) is 4.99 Å². The Labute approximate surface area is 191 Å². The molecule has 0 saturated heterocycles. The number of rotatable bonds is 9. The van der Waals surface area contributed by atoms with Crippen molar-refractivity contribution in [3.05, 3.63) is 42.7 Å². The molecule has 1 aromatic carbocycles. The van der Waals surface area contributed by atoms with Crippen LogP contribution in [0.5, 0.6) is 23.1 Å².